The number of hydrogen-bond acceptors (Lipinski definition) is 2. The van der Waals surface area contributed by atoms with E-state index < -0.39 is 6.10 Å². The van der Waals surface area contributed by atoms with Gasteiger partial charge in [0.15, 0.2) is 0 Å². The fourth-order valence-corrected chi connectivity index (χ4v) is 3.29. The third-order valence-electron chi connectivity index (χ3n) is 4.10. The van der Waals surface area contributed by atoms with Crippen molar-refractivity contribution in [3.8, 4) is 5.75 Å². The van der Waals surface area contributed by atoms with Crippen LogP contribution in [0.1, 0.15) is 42.9 Å². The van der Waals surface area contributed by atoms with Gasteiger partial charge in [-0.1, -0.05) is 59.3 Å². The lowest BCUT2D eigenvalue weighted by Crippen LogP contribution is -2.27. The van der Waals surface area contributed by atoms with Crippen LogP contribution < -0.4 is 4.74 Å². The van der Waals surface area contributed by atoms with E-state index in [0.717, 1.165) is 22.2 Å². The van der Waals surface area contributed by atoms with E-state index in [0.29, 0.717) is 12.3 Å². The average Bonchev–Trinajstić information content (AvgIpc) is 2.47. The van der Waals surface area contributed by atoms with Crippen LogP contribution >= 0.6 is 15.9 Å². The molecule has 21 heavy (non-hydrogen) atoms. The summed E-state index contributed by atoms with van der Waals surface area (Å²) in [6.07, 6.45) is 1.19. The standard InChI is InChI=1S/C18H19BrO2/c1-12(13-5-3-2-4-6-13)9-15-11-17(20)16-8-7-14(19)10-18(16)21-15/h2-8,10,12,15,17,20H,9,11H2,1H3. The number of halogens is 1. The monoisotopic (exact) mass is 346 g/mol. The van der Waals surface area contributed by atoms with Gasteiger partial charge >= 0.3 is 0 Å². The molecule has 0 radical (unpaired) electrons. The summed E-state index contributed by atoms with van der Waals surface area (Å²) in [4.78, 5) is 0. The van der Waals surface area contributed by atoms with Crippen LogP contribution in [0.15, 0.2) is 53.0 Å². The summed E-state index contributed by atoms with van der Waals surface area (Å²) in [5.41, 5.74) is 2.21. The smallest absolute Gasteiger partial charge is 0.126 e. The first-order chi connectivity index (χ1) is 10.1. The predicted molar refractivity (Wildman–Crippen MR) is 87.6 cm³/mol. The molecule has 2 aromatic carbocycles. The van der Waals surface area contributed by atoms with Crippen LogP contribution in [-0.4, -0.2) is 11.2 Å². The van der Waals surface area contributed by atoms with Crippen LogP contribution in [0.25, 0.3) is 0 Å². The summed E-state index contributed by atoms with van der Waals surface area (Å²) in [5.74, 6) is 1.21. The molecule has 0 spiro atoms. The first kappa shape index (κ1) is 14.6. The molecule has 3 atom stereocenters. The minimum absolute atomic E-state index is 0.0528. The van der Waals surface area contributed by atoms with Gasteiger partial charge in [-0.2, -0.15) is 0 Å². The summed E-state index contributed by atoms with van der Waals surface area (Å²) in [6, 6.07) is 16.3. The predicted octanol–water partition coefficient (Wildman–Crippen LogP) is 4.83. The van der Waals surface area contributed by atoms with Gasteiger partial charge in [-0.05, 0) is 30.0 Å². The van der Waals surface area contributed by atoms with Gasteiger partial charge in [-0.3, -0.25) is 0 Å². The first-order valence-corrected chi connectivity index (χ1v) is 8.12. The van der Waals surface area contributed by atoms with Crippen molar-refractivity contribution in [2.24, 2.45) is 0 Å². The van der Waals surface area contributed by atoms with Crippen molar-refractivity contribution in [3.63, 3.8) is 0 Å². The van der Waals surface area contributed by atoms with Crippen molar-refractivity contribution in [1.29, 1.82) is 0 Å². The number of ether oxygens (including phenoxy) is 1. The Kier molecular flexibility index (Phi) is 4.32. The number of hydrogen-bond donors (Lipinski definition) is 1. The second-order valence-electron chi connectivity index (χ2n) is 5.72. The number of aliphatic hydroxyl groups is 1. The second kappa shape index (κ2) is 6.20. The molecule has 0 aromatic heterocycles. The Bertz CT molecular complexity index is 612. The van der Waals surface area contributed by atoms with Gasteiger partial charge in [0.25, 0.3) is 0 Å². The molecule has 3 heteroatoms. The summed E-state index contributed by atoms with van der Waals surface area (Å²) >= 11 is 3.46. The summed E-state index contributed by atoms with van der Waals surface area (Å²) in [5, 5.41) is 10.3. The second-order valence-corrected chi connectivity index (χ2v) is 6.64. The molecule has 0 bridgehead atoms. The van der Waals surface area contributed by atoms with Crippen LogP contribution in [0, 0.1) is 0 Å². The lowest BCUT2D eigenvalue weighted by atomic mass is 9.90. The van der Waals surface area contributed by atoms with E-state index in [1.807, 2.05) is 24.3 Å². The zero-order chi connectivity index (χ0) is 14.8. The van der Waals surface area contributed by atoms with Crippen molar-refractivity contribution in [3.05, 3.63) is 64.1 Å². The Balaban J connectivity index is 1.74. The molecule has 0 fully saturated rings. The minimum Gasteiger partial charge on any atom is -0.490 e. The van der Waals surface area contributed by atoms with Gasteiger partial charge in [0.1, 0.15) is 11.9 Å². The number of rotatable bonds is 3. The van der Waals surface area contributed by atoms with Crippen LogP contribution in [0.3, 0.4) is 0 Å². The SMILES string of the molecule is CC(CC1CC(O)c2ccc(Br)cc2O1)c1ccccc1. The zero-order valence-electron chi connectivity index (χ0n) is 12.0. The Hall–Kier alpha value is -1.32. The topological polar surface area (TPSA) is 29.5 Å². The highest BCUT2D eigenvalue weighted by atomic mass is 79.9. The molecule has 2 nitrogen and oxygen atoms in total. The fraction of sp³-hybridized carbons (Fsp3) is 0.333. The molecule has 0 amide bonds. The van der Waals surface area contributed by atoms with Crippen molar-refractivity contribution in [2.45, 2.75) is 37.9 Å². The molecule has 3 rings (SSSR count). The third kappa shape index (κ3) is 3.30. The fourth-order valence-electron chi connectivity index (χ4n) is 2.95. The first-order valence-electron chi connectivity index (χ1n) is 7.32. The minimum atomic E-state index is -0.435. The van der Waals surface area contributed by atoms with Crippen LogP contribution in [0.5, 0.6) is 5.75 Å². The summed E-state index contributed by atoms with van der Waals surface area (Å²) in [6.45, 7) is 2.21. The number of aliphatic hydroxyl groups excluding tert-OH is 1. The van der Waals surface area contributed by atoms with Gasteiger partial charge in [0.2, 0.25) is 0 Å². The molecular formula is C18H19BrO2. The molecule has 2 aromatic rings. The van der Waals surface area contributed by atoms with E-state index in [-0.39, 0.29) is 6.10 Å². The lowest BCUT2D eigenvalue weighted by molar-refractivity contribution is 0.0589. The van der Waals surface area contributed by atoms with Crippen LogP contribution in [-0.2, 0) is 0 Å². The van der Waals surface area contributed by atoms with Crippen molar-refractivity contribution >= 4 is 15.9 Å². The van der Waals surface area contributed by atoms with E-state index >= 15 is 0 Å². The van der Waals surface area contributed by atoms with Crippen LogP contribution in [0.4, 0.5) is 0 Å². The highest BCUT2D eigenvalue weighted by Crippen LogP contribution is 2.38. The van der Waals surface area contributed by atoms with Gasteiger partial charge in [0, 0.05) is 16.5 Å². The van der Waals surface area contributed by atoms with Gasteiger partial charge in [0.05, 0.1) is 6.10 Å². The Labute approximate surface area is 133 Å². The van der Waals surface area contributed by atoms with E-state index in [1.54, 1.807) is 0 Å². The molecule has 1 N–H and O–H groups in total. The highest BCUT2D eigenvalue weighted by molar-refractivity contribution is 9.10. The van der Waals surface area contributed by atoms with E-state index in [4.69, 9.17) is 4.74 Å². The van der Waals surface area contributed by atoms with Gasteiger partial charge < -0.3 is 9.84 Å². The quantitative estimate of drug-likeness (QED) is 0.862. The molecule has 0 saturated heterocycles. The molecule has 110 valence electrons. The number of fused-ring (bicyclic) bond motifs is 1. The molecule has 0 aliphatic carbocycles. The Morgan fingerprint density at radius 1 is 1.24 bits per heavy atom. The highest BCUT2D eigenvalue weighted by Gasteiger charge is 2.28. The van der Waals surface area contributed by atoms with E-state index in [2.05, 4.69) is 47.1 Å². The molecular weight excluding hydrogens is 328 g/mol. The average molecular weight is 347 g/mol. The lowest BCUT2D eigenvalue weighted by Gasteiger charge is -2.31. The third-order valence-corrected chi connectivity index (χ3v) is 4.59. The Morgan fingerprint density at radius 2 is 2.00 bits per heavy atom. The van der Waals surface area contributed by atoms with Crippen molar-refractivity contribution < 1.29 is 9.84 Å². The zero-order valence-corrected chi connectivity index (χ0v) is 13.6. The molecule has 1 aliphatic rings. The molecule has 1 heterocycles. The maximum absolute atomic E-state index is 10.3. The van der Waals surface area contributed by atoms with Crippen LogP contribution in [0.2, 0.25) is 0 Å². The maximum atomic E-state index is 10.3. The maximum Gasteiger partial charge on any atom is 0.126 e. The van der Waals surface area contributed by atoms with E-state index in [9.17, 15) is 5.11 Å². The van der Waals surface area contributed by atoms with Crippen molar-refractivity contribution in [1.82, 2.24) is 0 Å². The molecule has 1 aliphatic heterocycles. The van der Waals surface area contributed by atoms with Crippen molar-refractivity contribution in [2.75, 3.05) is 0 Å². The molecule has 0 saturated carbocycles. The molecule has 3 unspecified atom stereocenters. The Morgan fingerprint density at radius 3 is 2.76 bits per heavy atom. The summed E-state index contributed by atoms with van der Waals surface area (Å²) in [7, 11) is 0. The summed E-state index contributed by atoms with van der Waals surface area (Å²) < 4.78 is 7.06. The number of benzene rings is 2. The normalized spacial score (nSPS) is 22.2. The largest absolute Gasteiger partial charge is 0.490 e. The van der Waals surface area contributed by atoms with Gasteiger partial charge in [-0.15, -0.1) is 0 Å². The van der Waals surface area contributed by atoms with E-state index in [1.165, 1.54) is 5.56 Å². The van der Waals surface area contributed by atoms with Gasteiger partial charge in [-0.25, -0.2) is 0 Å².